The van der Waals surface area contributed by atoms with Crippen LogP contribution >= 0.6 is 0 Å². The third-order valence-electron chi connectivity index (χ3n) is 15.1. The number of hydrogen-bond donors (Lipinski definition) is 2. The number of carbonyl (C=O) groups is 2. The van der Waals surface area contributed by atoms with Crippen molar-refractivity contribution < 1.29 is 38.7 Å². The summed E-state index contributed by atoms with van der Waals surface area (Å²) in [5.41, 5.74) is 1.06. The molecule has 2 atom stereocenters. The minimum atomic E-state index is -0.787. The number of carbonyl (C=O) groups excluding carboxylic acids is 2. The highest BCUT2D eigenvalue weighted by Gasteiger charge is 2.36. The Hall–Kier alpha value is -3.68. The first-order chi connectivity index (χ1) is 35.9. The van der Waals surface area contributed by atoms with E-state index in [4.69, 9.17) is 18.9 Å². The van der Waals surface area contributed by atoms with E-state index in [0.29, 0.717) is 29.7 Å². The van der Waals surface area contributed by atoms with Crippen LogP contribution in [0.3, 0.4) is 0 Å². The van der Waals surface area contributed by atoms with Gasteiger partial charge in [0.05, 0.1) is 7.11 Å². The molecule has 2 aromatic rings. The van der Waals surface area contributed by atoms with E-state index in [1.54, 1.807) is 30.3 Å². The highest BCUT2D eigenvalue weighted by Crippen LogP contribution is 2.48. The SMILES string of the molecule is CCCCCCCCCCCCCCCCCCCCCCCC(=O)OC[C@@H]1Oc2ccc(/C=C/C(=O)CCCCCCCCCCCCCCCCCCCCCC)c(O)c2O[C@H]1c1ccc(O)c(OC)c1. The van der Waals surface area contributed by atoms with Crippen molar-refractivity contribution >= 4 is 17.8 Å². The maximum Gasteiger partial charge on any atom is 0.305 e. The molecule has 416 valence electrons. The number of phenols is 2. The second-order valence-electron chi connectivity index (χ2n) is 21.7. The Balaban J connectivity index is 1.28. The third-order valence-corrected chi connectivity index (χ3v) is 15.1. The lowest BCUT2D eigenvalue weighted by atomic mass is 10.0. The average molecular weight is 1020 g/mol. The number of rotatable bonds is 49. The molecule has 0 saturated heterocycles. The monoisotopic (exact) mass is 1020 g/mol. The lowest BCUT2D eigenvalue weighted by Gasteiger charge is -2.34. The smallest absolute Gasteiger partial charge is 0.305 e. The van der Waals surface area contributed by atoms with Gasteiger partial charge in [0.15, 0.2) is 41.0 Å². The quantitative estimate of drug-likeness (QED) is 0.0383. The number of aromatic hydroxyl groups is 2. The number of ether oxygens (including phenoxy) is 4. The van der Waals surface area contributed by atoms with E-state index < -0.39 is 12.2 Å². The van der Waals surface area contributed by atoms with Gasteiger partial charge in [-0.2, -0.15) is 0 Å². The molecule has 0 amide bonds. The molecule has 0 aromatic heterocycles. The molecular formula is C65H108O8. The summed E-state index contributed by atoms with van der Waals surface area (Å²) in [4.78, 5) is 25.8. The predicted octanol–water partition coefficient (Wildman–Crippen LogP) is 19.9. The third kappa shape index (κ3) is 30.5. The summed E-state index contributed by atoms with van der Waals surface area (Å²) in [6, 6.07) is 8.28. The number of benzene rings is 2. The molecule has 2 aromatic carbocycles. The summed E-state index contributed by atoms with van der Waals surface area (Å²) in [5, 5.41) is 21.7. The molecule has 0 unspecified atom stereocenters. The Bertz CT molecular complexity index is 1700. The number of fused-ring (bicyclic) bond motifs is 1. The van der Waals surface area contributed by atoms with Gasteiger partial charge >= 0.3 is 5.97 Å². The summed E-state index contributed by atoms with van der Waals surface area (Å²) >= 11 is 0. The van der Waals surface area contributed by atoms with Gasteiger partial charge in [0.2, 0.25) is 5.75 Å². The molecule has 0 radical (unpaired) electrons. The lowest BCUT2D eigenvalue weighted by Crippen LogP contribution is -2.37. The van der Waals surface area contributed by atoms with Crippen molar-refractivity contribution in [1.82, 2.24) is 0 Å². The molecule has 0 saturated carbocycles. The van der Waals surface area contributed by atoms with Crippen molar-refractivity contribution in [3.63, 3.8) is 0 Å². The Kier molecular flexibility index (Phi) is 37.9. The van der Waals surface area contributed by atoms with Gasteiger partial charge in [0, 0.05) is 24.0 Å². The van der Waals surface area contributed by atoms with Crippen LogP contribution in [0.2, 0.25) is 0 Å². The zero-order valence-corrected chi connectivity index (χ0v) is 47.2. The van der Waals surface area contributed by atoms with Crippen molar-refractivity contribution in [1.29, 1.82) is 0 Å². The zero-order valence-electron chi connectivity index (χ0n) is 47.2. The maximum absolute atomic E-state index is 12.9. The molecule has 0 bridgehead atoms. The topological polar surface area (TPSA) is 112 Å². The zero-order chi connectivity index (χ0) is 52.2. The molecule has 8 heteroatoms. The van der Waals surface area contributed by atoms with Crippen molar-refractivity contribution in [2.24, 2.45) is 0 Å². The Morgan fingerprint density at radius 3 is 1.32 bits per heavy atom. The number of esters is 1. The summed E-state index contributed by atoms with van der Waals surface area (Å²) in [6.07, 6.45) is 56.6. The van der Waals surface area contributed by atoms with E-state index in [-0.39, 0.29) is 41.4 Å². The Morgan fingerprint density at radius 1 is 0.507 bits per heavy atom. The molecule has 0 fully saturated rings. The molecule has 1 aliphatic heterocycles. The van der Waals surface area contributed by atoms with Crippen molar-refractivity contribution in [3.8, 4) is 28.7 Å². The molecule has 3 rings (SSSR count). The first-order valence-electron chi connectivity index (χ1n) is 30.8. The standard InChI is InChI=1S/C65H108O8/c1-4-6-8-10-12-14-16-18-20-22-24-26-28-30-32-34-36-38-40-42-44-46-62(68)71-54-61-64(56-48-51-58(67)60(53-56)70-3)73-65-59(72-61)52-49-55(63(65)69)47-50-57(66)45-43-41-39-37-35-33-31-29-27-25-23-21-19-17-15-13-11-9-7-5-2/h47-53,61,64,67,69H,4-46,54H2,1-3H3/b50-47+/t61-,64-/m0/s1. The Labute approximate surface area is 447 Å². The minimum Gasteiger partial charge on any atom is -0.504 e. The number of unbranched alkanes of at least 4 members (excludes halogenated alkanes) is 39. The Morgan fingerprint density at radius 2 is 0.904 bits per heavy atom. The van der Waals surface area contributed by atoms with Crippen LogP contribution in [0.4, 0.5) is 0 Å². The van der Waals surface area contributed by atoms with E-state index >= 15 is 0 Å². The fourth-order valence-corrected chi connectivity index (χ4v) is 10.4. The first kappa shape index (κ1) is 63.6. The van der Waals surface area contributed by atoms with Crippen LogP contribution in [0, 0.1) is 0 Å². The van der Waals surface area contributed by atoms with Gasteiger partial charge in [-0.25, -0.2) is 0 Å². The number of methoxy groups -OCH3 is 1. The molecule has 1 aliphatic rings. The van der Waals surface area contributed by atoms with Crippen molar-refractivity contribution in [3.05, 3.63) is 47.5 Å². The van der Waals surface area contributed by atoms with E-state index in [1.165, 1.54) is 244 Å². The van der Waals surface area contributed by atoms with Crippen LogP contribution in [0.25, 0.3) is 6.08 Å². The maximum atomic E-state index is 12.9. The largest absolute Gasteiger partial charge is 0.504 e. The van der Waals surface area contributed by atoms with E-state index in [1.807, 2.05) is 0 Å². The fraction of sp³-hybridized carbons (Fsp3) is 0.754. The molecule has 0 aliphatic carbocycles. The second kappa shape index (κ2) is 43.5. The lowest BCUT2D eigenvalue weighted by molar-refractivity contribution is -0.148. The van der Waals surface area contributed by atoms with Gasteiger partial charge in [-0.1, -0.05) is 270 Å². The molecule has 8 nitrogen and oxygen atoms in total. The summed E-state index contributed by atoms with van der Waals surface area (Å²) < 4.78 is 23.9. The first-order valence-corrected chi connectivity index (χ1v) is 30.8. The van der Waals surface area contributed by atoms with Gasteiger partial charge in [-0.15, -0.1) is 0 Å². The number of allylic oxidation sites excluding steroid dienone is 1. The van der Waals surface area contributed by atoms with Crippen LogP contribution in [0.15, 0.2) is 36.4 Å². The average Bonchev–Trinajstić information content (AvgIpc) is 3.40. The van der Waals surface area contributed by atoms with Gasteiger partial charge in [0.1, 0.15) is 6.61 Å². The molecular weight excluding hydrogens is 909 g/mol. The van der Waals surface area contributed by atoms with Gasteiger partial charge in [-0.05, 0) is 49.3 Å². The van der Waals surface area contributed by atoms with Crippen LogP contribution in [-0.2, 0) is 14.3 Å². The van der Waals surface area contributed by atoms with Crippen LogP contribution in [-0.4, -0.2) is 41.8 Å². The summed E-state index contributed by atoms with van der Waals surface area (Å²) in [6.45, 7) is 4.52. The van der Waals surface area contributed by atoms with Crippen molar-refractivity contribution in [2.45, 2.75) is 302 Å². The second-order valence-corrected chi connectivity index (χ2v) is 21.7. The fourth-order valence-electron chi connectivity index (χ4n) is 10.4. The molecule has 73 heavy (non-hydrogen) atoms. The molecule has 2 N–H and O–H groups in total. The van der Waals surface area contributed by atoms with Gasteiger partial charge in [0.25, 0.3) is 0 Å². The van der Waals surface area contributed by atoms with Crippen LogP contribution in [0.1, 0.15) is 307 Å². The highest BCUT2D eigenvalue weighted by molar-refractivity contribution is 5.94. The molecule has 0 spiro atoms. The van der Waals surface area contributed by atoms with Crippen LogP contribution in [0.5, 0.6) is 28.7 Å². The summed E-state index contributed by atoms with van der Waals surface area (Å²) in [7, 11) is 1.47. The van der Waals surface area contributed by atoms with Crippen molar-refractivity contribution in [2.75, 3.05) is 13.7 Å². The number of phenolic OH excluding ortho intramolecular Hbond substituents is 2. The predicted molar refractivity (Wildman–Crippen MR) is 305 cm³/mol. The van der Waals surface area contributed by atoms with Crippen LogP contribution < -0.4 is 14.2 Å². The highest BCUT2D eigenvalue weighted by atomic mass is 16.6. The van der Waals surface area contributed by atoms with E-state index in [9.17, 15) is 19.8 Å². The summed E-state index contributed by atoms with van der Waals surface area (Å²) in [5.74, 6) is 0.307. The van der Waals surface area contributed by atoms with E-state index in [2.05, 4.69) is 13.8 Å². The van der Waals surface area contributed by atoms with E-state index in [0.717, 1.165) is 38.5 Å². The number of ketones is 1. The van der Waals surface area contributed by atoms with Gasteiger partial charge < -0.3 is 29.2 Å². The number of hydrogen-bond acceptors (Lipinski definition) is 8. The molecule has 1 heterocycles. The normalized spacial score (nSPS) is 14.3. The van der Waals surface area contributed by atoms with Gasteiger partial charge in [-0.3, -0.25) is 9.59 Å². The minimum absolute atomic E-state index is 0.0216.